The van der Waals surface area contributed by atoms with Crippen LogP contribution in [0.3, 0.4) is 0 Å². The number of ether oxygens (including phenoxy) is 2. The Morgan fingerprint density at radius 2 is 1.96 bits per heavy atom. The van der Waals surface area contributed by atoms with Gasteiger partial charge in [-0.15, -0.1) is 0 Å². The molecule has 0 saturated carbocycles. The van der Waals surface area contributed by atoms with Crippen LogP contribution in [0.25, 0.3) is 0 Å². The van der Waals surface area contributed by atoms with Crippen LogP contribution in [0.5, 0.6) is 11.5 Å². The molecule has 126 valence electrons. The zero-order valence-electron chi connectivity index (χ0n) is 13.2. The van der Waals surface area contributed by atoms with Gasteiger partial charge in [-0.25, -0.2) is 0 Å². The first kappa shape index (κ1) is 14.9. The van der Waals surface area contributed by atoms with Crippen LogP contribution >= 0.6 is 0 Å². The number of hydrogen-bond donors (Lipinski definition) is 1. The highest BCUT2D eigenvalue weighted by atomic mass is 16.6. The molecule has 2 N–H and O–H groups in total. The quantitative estimate of drug-likeness (QED) is 0.903. The molecule has 1 amide bonds. The molecular formula is C17H19N3O4. The van der Waals surface area contributed by atoms with E-state index in [-0.39, 0.29) is 18.4 Å². The van der Waals surface area contributed by atoms with Crippen LogP contribution in [-0.2, 0) is 4.79 Å². The molecule has 2 aromatic rings. The number of anilines is 1. The number of carbonyl (C=O) groups excluding carboxylic acids is 1. The zero-order valence-corrected chi connectivity index (χ0v) is 13.2. The monoisotopic (exact) mass is 329 g/mol. The van der Waals surface area contributed by atoms with E-state index in [4.69, 9.17) is 19.7 Å². The van der Waals surface area contributed by atoms with Gasteiger partial charge in [0.15, 0.2) is 11.5 Å². The minimum atomic E-state index is -0.584. The molecule has 2 aliphatic heterocycles. The molecule has 4 rings (SSSR count). The summed E-state index contributed by atoms with van der Waals surface area (Å²) in [6.45, 7) is 1.57. The largest absolute Gasteiger partial charge is 0.485 e. The van der Waals surface area contributed by atoms with Gasteiger partial charge in [0.1, 0.15) is 6.61 Å². The Balaban J connectivity index is 1.37. The summed E-state index contributed by atoms with van der Waals surface area (Å²) in [5.41, 5.74) is 6.44. The SMILES string of the molecule is Nc1cc(C2CCN(C(=O)[C@@H]3COc4ccccc4O3)CC2)no1. The molecule has 0 radical (unpaired) electrons. The van der Waals surface area contributed by atoms with Gasteiger partial charge in [-0.3, -0.25) is 4.79 Å². The van der Waals surface area contributed by atoms with Crippen molar-refractivity contribution in [1.82, 2.24) is 10.1 Å². The molecule has 1 aromatic carbocycles. The molecule has 1 fully saturated rings. The maximum Gasteiger partial charge on any atom is 0.267 e. The highest BCUT2D eigenvalue weighted by Gasteiger charge is 2.33. The molecule has 0 bridgehead atoms. The second-order valence-electron chi connectivity index (χ2n) is 6.12. The predicted octanol–water partition coefficient (Wildman–Crippen LogP) is 1.80. The number of aromatic nitrogens is 1. The van der Waals surface area contributed by atoms with Crippen LogP contribution in [0.1, 0.15) is 24.5 Å². The van der Waals surface area contributed by atoms with Gasteiger partial charge in [-0.2, -0.15) is 0 Å². The van der Waals surface area contributed by atoms with E-state index in [9.17, 15) is 4.79 Å². The van der Waals surface area contributed by atoms with Gasteiger partial charge in [-0.05, 0) is 25.0 Å². The van der Waals surface area contributed by atoms with Crippen molar-refractivity contribution in [2.75, 3.05) is 25.4 Å². The van der Waals surface area contributed by atoms with Crippen LogP contribution < -0.4 is 15.2 Å². The number of nitrogens with two attached hydrogens (primary N) is 1. The van der Waals surface area contributed by atoms with Gasteiger partial charge >= 0.3 is 0 Å². The summed E-state index contributed by atoms with van der Waals surface area (Å²) >= 11 is 0. The van der Waals surface area contributed by atoms with Crippen LogP contribution in [-0.4, -0.2) is 41.8 Å². The van der Waals surface area contributed by atoms with E-state index in [1.54, 1.807) is 6.07 Å². The number of para-hydroxylation sites is 2. The number of hydrogen-bond acceptors (Lipinski definition) is 6. The molecule has 0 spiro atoms. The molecule has 1 atom stereocenters. The van der Waals surface area contributed by atoms with Crippen LogP contribution in [0.4, 0.5) is 5.88 Å². The Labute approximate surface area is 139 Å². The lowest BCUT2D eigenvalue weighted by Crippen LogP contribution is -2.48. The third-order valence-corrected chi connectivity index (χ3v) is 4.56. The van der Waals surface area contributed by atoms with Crippen molar-refractivity contribution >= 4 is 11.8 Å². The predicted molar refractivity (Wildman–Crippen MR) is 85.8 cm³/mol. The Morgan fingerprint density at radius 1 is 1.21 bits per heavy atom. The Bertz CT molecular complexity index is 737. The summed E-state index contributed by atoms with van der Waals surface area (Å²) in [7, 11) is 0. The number of nitrogen functional groups attached to an aromatic ring is 1. The van der Waals surface area contributed by atoms with Crippen molar-refractivity contribution in [1.29, 1.82) is 0 Å². The molecule has 0 aliphatic carbocycles. The van der Waals surface area contributed by atoms with E-state index in [1.165, 1.54) is 0 Å². The highest BCUT2D eigenvalue weighted by molar-refractivity contribution is 5.82. The van der Waals surface area contributed by atoms with E-state index < -0.39 is 6.10 Å². The number of nitrogens with zero attached hydrogens (tertiary/aromatic N) is 2. The summed E-state index contributed by atoms with van der Waals surface area (Å²) in [4.78, 5) is 14.5. The number of likely N-dealkylation sites (tertiary alicyclic amines) is 1. The number of piperidine rings is 1. The molecule has 7 nitrogen and oxygen atoms in total. The van der Waals surface area contributed by atoms with E-state index in [0.717, 1.165) is 18.5 Å². The van der Waals surface area contributed by atoms with E-state index in [0.29, 0.717) is 30.5 Å². The Kier molecular flexibility index (Phi) is 3.76. The normalized spacial score (nSPS) is 20.8. The molecule has 1 saturated heterocycles. The molecule has 7 heteroatoms. The van der Waals surface area contributed by atoms with E-state index in [1.807, 2.05) is 29.2 Å². The lowest BCUT2D eigenvalue weighted by molar-refractivity contribution is -0.142. The van der Waals surface area contributed by atoms with Crippen molar-refractivity contribution in [2.45, 2.75) is 24.9 Å². The zero-order chi connectivity index (χ0) is 16.5. The number of carbonyl (C=O) groups is 1. The van der Waals surface area contributed by atoms with Gasteiger partial charge < -0.3 is 24.6 Å². The molecule has 3 heterocycles. The molecule has 24 heavy (non-hydrogen) atoms. The summed E-state index contributed by atoms with van der Waals surface area (Å²) in [5.74, 6) is 1.89. The fourth-order valence-corrected chi connectivity index (χ4v) is 3.24. The number of amides is 1. The second kappa shape index (κ2) is 6.07. The minimum Gasteiger partial charge on any atom is -0.485 e. The van der Waals surface area contributed by atoms with Gasteiger partial charge in [0.25, 0.3) is 5.91 Å². The van der Waals surface area contributed by atoms with Crippen molar-refractivity contribution in [2.24, 2.45) is 0 Å². The van der Waals surface area contributed by atoms with Crippen molar-refractivity contribution in [3.8, 4) is 11.5 Å². The maximum atomic E-state index is 12.7. The van der Waals surface area contributed by atoms with E-state index >= 15 is 0 Å². The number of benzene rings is 1. The average Bonchev–Trinajstić information content (AvgIpc) is 3.07. The first-order valence-electron chi connectivity index (χ1n) is 8.10. The van der Waals surface area contributed by atoms with Crippen molar-refractivity contribution in [3.05, 3.63) is 36.0 Å². The van der Waals surface area contributed by atoms with Gasteiger partial charge in [0.2, 0.25) is 12.0 Å². The van der Waals surface area contributed by atoms with Crippen LogP contribution in [0, 0.1) is 0 Å². The highest BCUT2D eigenvalue weighted by Crippen LogP contribution is 2.32. The fraction of sp³-hybridized carbons (Fsp3) is 0.412. The second-order valence-corrected chi connectivity index (χ2v) is 6.12. The van der Waals surface area contributed by atoms with Gasteiger partial charge in [0.05, 0.1) is 5.69 Å². The Morgan fingerprint density at radius 3 is 2.67 bits per heavy atom. The van der Waals surface area contributed by atoms with Gasteiger partial charge in [0, 0.05) is 25.1 Å². The third kappa shape index (κ3) is 2.77. The van der Waals surface area contributed by atoms with Crippen molar-refractivity contribution < 1.29 is 18.8 Å². The molecule has 2 aliphatic rings. The number of rotatable bonds is 2. The van der Waals surface area contributed by atoms with Crippen molar-refractivity contribution in [3.63, 3.8) is 0 Å². The first-order chi connectivity index (χ1) is 11.7. The van der Waals surface area contributed by atoms with Crippen LogP contribution in [0.2, 0.25) is 0 Å². The molecular weight excluding hydrogens is 310 g/mol. The molecule has 0 unspecified atom stereocenters. The smallest absolute Gasteiger partial charge is 0.267 e. The minimum absolute atomic E-state index is 0.0254. The lowest BCUT2D eigenvalue weighted by Gasteiger charge is -2.34. The lowest BCUT2D eigenvalue weighted by atomic mass is 9.93. The summed E-state index contributed by atoms with van der Waals surface area (Å²) in [6, 6.07) is 9.16. The standard InChI is InChI=1S/C17H19N3O4/c18-16-9-12(19-24-16)11-5-7-20(8-6-11)17(21)15-10-22-13-3-1-2-4-14(13)23-15/h1-4,9,11,15H,5-8,10,18H2/t15-/m0/s1. The first-order valence-corrected chi connectivity index (χ1v) is 8.10. The van der Waals surface area contributed by atoms with Gasteiger partial charge in [-0.1, -0.05) is 17.3 Å². The Hall–Kier alpha value is -2.70. The van der Waals surface area contributed by atoms with Crippen LogP contribution in [0.15, 0.2) is 34.9 Å². The summed E-state index contributed by atoms with van der Waals surface area (Å²) in [5, 5.41) is 3.98. The van der Waals surface area contributed by atoms with E-state index in [2.05, 4.69) is 5.16 Å². The third-order valence-electron chi connectivity index (χ3n) is 4.56. The number of fused-ring (bicyclic) bond motifs is 1. The summed E-state index contributed by atoms with van der Waals surface area (Å²) in [6.07, 6.45) is 1.09. The average molecular weight is 329 g/mol. The fourth-order valence-electron chi connectivity index (χ4n) is 3.24. The molecule has 1 aromatic heterocycles. The summed E-state index contributed by atoms with van der Waals surface area (Å²) < 4.78 is 16.4. The maximum absolute atomic E-state index is 12.7. The topological polar surface area (TPSA) is 90.8 Å².